The fourth-order valence-corrected chi connectivity index (χ4v) is 2.08. The number of nitrogens with one attached hydrogen (secondary N) is 2. The molecule has 0 aliphatic heterocycles. The average Bonchev–Trinajstić information content (AvgIpc) is 2.53. The Kier molecular flexibility index (Phi) is 5.76. The van der Waals surface area contributed by atoms with Gasteiger partial charge in [0.05, 0.1) is 12.1 Å². The molecule has 0 aliphatic rings. The molecule has 0 aliphatic carbocycles. The minimum atomic E-state index is -0.332. The Morgan fingerprint density at radius 2 is 2.09 bits per heavy atom. The van der Waals surface area contributed by atoms with E-state index in [0.717, 1.165) is 6.54 Å². The smallest absolute Gasteiger partial charge is 0.274 e. The van der Waals surface area contributed by atoms with Crippen molar-refractivity contribution in [2.24, 2.45) is 5.92 Å². The highest BCUT2D eigenvalue weighted by atomic mass is 35.5. The van der Waals surface area contributed by atoms with Gasteiger partial charge in [0, 0.05) is 18.3 Å². The molecule has 0 saturated heterocycles. The molecule has 2 N–H and O–H groups in total. The minimum Gasteiger partial charge on any atom is -0.495 e. The third-order valence-corrected chi connectivity index (χ3v) is 3.30. The van der Waals surface area contributed by atoms with Gasteiger partial charge in [0.2, 0.25) is 0 Å². The van der Waals surface area contributed by atoms with E-state index in [0.29, 0.717) is 28.2 Å². The van der Waals surface area contributed by atoms with E-state index < -0.39 is 0 Å². The molecule has 0 radical (unpaired) electrons. The van der Waals surface area contributed by atoms with Crippen LogP contribution in [0.1, 0.15) is 24.3 Å². The van der Waals surface area contributed by atoms with Crippen LogP contribution in [0.2, 0.25) is 5.02 Å². The number of rotatable bonds is 6. The highest BCUT2D eigenvalue weighted by Crippen LogP contribution is 2.27. The summed E-state index contributed by atoms with van der Waals surface area (Å²) in [5.74, 6) is 1.31. The second-order valence-electron chi connectivity index (χ2n) is 5.37. The highest BCUT2D eigenvalue weighted by Gasteiger charge is 2.11. The second-order valence-corrected chi connectivity index (χ2v) is 5.77. The molecule has 0 unspecified atom stereocenters. The Hall–Kier alpha value is -2.34. The van der Waals surface area contributed by atoms with Crippen LogP contribution in [0.5, 0.6) is 5.75 Å². The van der Waals surface area contributed by atoms with Gasteiger partial charge in [-0.15, -0.1) is 0 Å². The number of aromatic nitrogens is 2. The first-order valence-corrected chi connectivity index (χ1v) is 7.58. The monoisotopic (exact) mass is 334 g/mol. The predicted octanol–water partition coefficient (Wildman–Crippen LogP) is 3.46. The number of amides is 1. The Bertz CT molecular complexity index is 692. The van der Waals surface area contributed by atoms with E-state index in [1.54, 1.807) is 24.3 Å². The van der Waals surface area contributed by atoms with E-state index in [1.165, 1.54) is 13.4 Å². The Morgan fingerprint density at radius 3 is 2.74 bits per heavy atom. The maximum Gasteiger partial charge on any atom is 0.274 e. The van der Waals surface area contributed by atoms with E-state index >= 15 is 0 Å². The maximum atomic E-state index is 12.3. The molecule has 2 rings (SSSR count). The highest BCUT2D eigenvalue weighted by molar-refractivity contribution is 6.32. The molecule has 0 fully saturated rings. The van der Waals surface area contributed by atoms with Gasteiger partial charge in [-0.3, -0.25) is 4.79 Å². The van der Waals surface area contributed by atoms with Crippen molar-refractivity contribution >= 4 is 29.0 Å². The first-order chi connectivity index (χ1) is 11.0. The SMILES string of the molecule is COc1ccc(NC(=O)c2cc(NCC(C)C)ncn2)cc1Cl. The fourth-order valence-electron chi connectivity index (χ4n) is 1.83. The number of ether oxygens (including phenoxy) is 1. The molecule has 23 heavy (non-hydrogen) atoms. The van der Waals surface area contributed by atoms with Crippen molar-refractivity contribution in [2.45, 2.75) is 13.8 Å². The normalized spacial score (nSPS) is 10.5. The third-order valence-electron chi connectivity index (χ3n) is 3.00. The van der Waals surface area contributed by atoms with Crippen LogP contribution in [0.15, 0.2) is 30.6 Å². The Morgan fingerprint density at radius 1 is 1.30 bits per heavy atom. The summed E-state index contributed by atoms with van der Waals surface area (Å²) in [4.78, 5) is 20.4. The summed E-state index contributed by atoms with van der Waals surface area (Å²) in [5, 5.41) is 6.33. The Labute approximate surface area is 140 Å². The van der Waals surface area contributed by atoms with Crippen molar-refractivity contribution in [2.75, 3.05) is 24.3 Å². The number of anilines is 2. The van der Waals surface area contributed by atoms with Gasteiger partial charge in [-0.2, -0.15) is 0 Å². The maximum absolute atomic E-state index is 12.3. The summed E-state index contributed by atoms with van der Waals surface area (Å²) in [7, 11) is 1.53. The molecule has 0 bridgehead atoms. The largest absolute Gasteiger partial charge is 0.495 e. The minimum absolute atomic E-state index is 0.276. The number of hydrogen-bond donors (Lipinski definition) is 2. The standard InChI is InChI=1S/C16H19ClN4O2/c1-10(2)8-18-15-7-13(19-9-20-15)16(22)21-11-4-5-14(23-3)12(17)6-11/h4-7,9-10H,8H2,1-3H3,(H,21,22)(H,18,19,20). The van der Waals surface area contributed by atoms with Crippen molar-refractivity contribution in [3.8, 4) is 5.75 Å². The number of benzene rings is 1. The molecular weight excluding hydrogens is 316 g/mol. The van der Waals surface area contributed by atoms with Crippen LogP contribution in [0.4, 0.5) is 11.5 Å². The zero-order valence-electron chi connectivity index (χ0n) is 13.3. The van der Waals surface area contributed by atoms with Crippen LogP contribution in [0, 0.1) is 5.92 Å². The number of nitrogens with zero attached hydrogens (tertiary/aromatic N) is 2. The quantitative estimate of drug-likeness (QED) is 0.846. The fraction of sp³-hybridized carbons (Fsp3) is 0.312. The Balaban J connectivity index is 2.08. The average molecular weight is 335 g/mol. The number of methoxy groups -OCH3 is 1. The number of hydrogen-bond acceptors (Lipinski definition) is 5. The molecule has 1 amide bonds. The molecule has 0 spiro atoms. The van der Waals surface area contributed by atoms with Gasteiger partial charge in [0.25, 0.3) is 5.91 Å². The number of carbonyl (C=O) groups is 1. The first-order valence-electron chi connectivity index (χ1n) is 7.20. The zero-order chi connectivity index (χ0) is 16.8. The molecule has 7 heteroatoms. The number of carbonyl (C=O) groups excluding carboxylic acids is 1. The molecule has 2 aromatic rings. The van der Waals surface area contributed by atoms with E-state index in [9.17, 15) is 4.79 Å². The molecule has 1 heterocycles. The van der Waals surface area contributed by atoms with Crippen LogP contribution < -0.4 is 15.4 Å². The molecule has 0 saturated carbocycles. The van der Waals surface area contributed by atoms with E-state index in [1.807, 2.05) is 0 Å². The summed E-state index contributed by atoms with van der Waals surface area (Å²) in [6.07, 6.45) is 1.36. The van der Waals surface area contributed by atoms with Gasteiger partial charge < -0.3 is 15.4 Å². The van der Waals surface area contributed by atoms with Crippen LogP contribution in [0.3, 0.4) is 0 Å². The van der Waals surface area contributed by atoms with Crippen LogP contribution in [-0.2, 0) is 0 Å². The summed E-state index contributed by atoms with van der Waals surface area (Å²) in [5.41, 5.74) is 0.842. The summed E-state index contributed by atoms with van der Waals surface area (Å²) in [6, 6.07) is 6.63. The molecule has 1 aromatic heterocycles. The van der Waals surface area contributed by atoms with Crippen molar-refractivity contribution in [1.29, 1.82) is 0 Å². The van der Waals surface area contributed by atoms with Gasteiger partial charge in [0.15, 0.2) is 0 Å². The lowest BCUT2D eigenvalue weighted by Gasteiger charge is -2.10. The summed E-state index contributed by atoms with van der Waals surface area (Å²) in [6.45, 7) is 4.95. The van der Waals surface area contributed by atoms with Crippen LogP contribution in [-0.4, -0.2) is 29.5 Å². The molecule has 6 nitrogen and oxygen atoms in total. The molecular formula is C16H19ClN4O2. The summed E-state index contributed by atoms with van der Waals surface area (Å²) >= 11 is 6.04. The lowest BCUT2D eigenvalue weighted by atomic mass is 10.2. The number of halogens is 1. The van der Waals surface area contributed by atoms with Crippen molar-refractivity contribution < 1.29 is 9.53 Å². The summed E-state index contributed by atoms with van der Waals surface area (Å²) < 4.78 is 5.08. The molecule has 0 atom stereocenters. The van der Waals surface area contributed by atoms with Crippen LogP contribution >= 0.6 is 11.6 Å². The molecule has 1 aromatic carbocycles. The van der Waals surface area contributed by atoms with Gasteiger partial charge in [-0.05, 0) is 24.1 Å². The second kappa shape index (κ2) is 7.78. The predicted molar refractivity (Wildman–Crippen MR) is 91.3 cm³/mol. The first kappa shape index (κ1) is 17.0. The topological polar surface area (TPSA) is 76.1 Å². The lowest BCUT2D eigenvalue weighted by Crippen LogP contribution is -2.15. The van der Waals surface area contributed by atoms with Gasteiger partial charge >= 0.3 is 0 Å². The van der Waals surface area contributed by atoms with Gasteiger partial charge in [0.1, 0.15) is 23.6 Å². The molecule has 122 valence electrons. The van der Waals surface area contributed by atoms with E-state index in [2.05, 4.69) is 34.4 Å². The van der Waals surface area contributed by atoms with Gasteiger partial charge in [-0.1, -0.05) is 25.4 Å². The van der Waals surface area contributed by atoms with E-state index in [-0.39, 0.29) is 11.6 Å². The third kappa shape index (κ3) is 4.82. The van der Waals surface area contributed by atoms with E-state index in [4.69, 9.17) is 16.3 Å². The van der Waals surface area contributed by atoms with Crippen LogP contribution in [0.25, 0.3) is 0 Å². The van der Waals surface area contributed by atoms with Crippen molar-refractivity contribution in [3.63, 3.8) is 0 Å². The van der Waals surface area contributed by atoms with Crippen molar-refractivity contribution in [1.82, 2.24) is 9.97 Å². The van der Waals surface area contributed by atoms with Gasteiger partial charge in [-0.25, -0.2) is 9.97 Å². The zero-order valence-corrected chi connectivity index (χ0v) is 14.0. The lowest BCUT2D eigenvalue weighted by molar-refractivity contribution is 0.102. The van der Waals surface area contributed by atoms with Crippen molar-refractivity contribution in [3.05, 3.63) is 41.3 Å².